The van der Waals surface area contributed by atoms with E-state index in [-0.39, 0.29) is 5.75 Å². The number of sulfonamides is 1. The molecular formula is C8H9BrClNO2S. The summed E-state index contributed by atoms with van der Waals surface area (Å²) in [6, 6.07) is 3.37. The Morgan fingerprint density at radius 3 is 2.57 bits per heavy atom. The zero-order chi connectivity index (χ0) is 10.9. The van der Waals surface area contributed by atoms with Crippen molar-refractivity contribution >= 4 is 37.6 Å². The standard InChI is InChI=1S/C8H9BrClNO2S/c1-5-2-7(9)6(3-8(5)10)4-14(11,12)13/h2-3H,4H2,1H3,(H2,11,12,13). The molecule has 1 aromatic rings. The fraction of sp³-hybridized carbons (Fsp3) is 0.250. The topological polar surface area (TPSA) is 60.2 Å². The van der Waals surface area contributed by atoms with Crippen LogP contribution in [-0.2, 0) is 15.8 Å². The van der Waals surface area contributed by atoms with E-state index in [2.05, 4.69) is 15.9 Å². The molecule has 0 bridgehead atoms. The maximum Gasteiger partial charge on any atom is 0.213 e. The molecule has 14 heavy (non-hydrogen) atoms. The number of benzene rings is 1. The molecule has 0 atom stereocenters. The van der Waals surface area contributed by atoms with Crippen LogP contribution in [0.4, 0.5) is 0 Å². The van der Waals surface area contributed by atoms with Crippen molar-refractivity contribution < 1.29 is 8.42 Å². The minimum Gasteiger partial charge on any atom is -0.228 e. The lowest BCUT2D eigenvalue weighted by Gasteiger charge is -2.05. The Morgan fingerprint density at radius 1 is 1.50 bits per heavy atom. The highest BCUT2D eigenvalue weighted by Crippen LogP contribution is 2.25. The van der Waals surface area contributed by atoms with Gasteiger partial charge in [0.15, 0.2) is 0 Å². The summed E-state index contributed by atoms with van der Waals surface area (Å²) in [5.41, 5.74) is 1.46. The SMILES string of the molecule is Cc1cc(Br)c(CS(N)(=O)=O)cc1Cl. The molecule has 78 valence electrons. The van der Waals surface area contributed by atoms with Gasteiger partial charge in [0, 0.05) is 9.50 Å². The molecule has 0 unspecified atom stereocenters. The van der Waals surface area contributed by atoms with Crippen molar-refractivity contribution in [3.05, 3.63) is 32.8 Å². The molecule has 0 aliphatic heterocycles. The third-order valence-corrected chi connectivity index (χ3v) is 3.54. The van der Waals surface area contributed by atoms with Gasteiger partial charge in [-0.2, -0.15) is 0 Å². The van der Waals surface area contributed by atoms with Gasteiger partial charge in [-0.15, -0.1) is 0 Å². The van der Waals surface area contributed by atoms with Crippen molar-refractivity contribution in [2.75, 3.05) is 0 Å². The summed E-state index contributed by atoms with van der Waals surface area (Å²) in [7, 11) is -3.52. The second-order valence-electron chi connectivity index (χ2n) is 3.00. The van der Waals surface area contributed by atoms with Crippen LogP contribution in [0.15, 0.2) is 16.6 Å². The van der Waals surface area contributed by atoms with Gasteiger partial charge in [0.2, 0.25) is 10.0 Å². The van der Waals surface area contributed by atoms with Gasteiger partial charge in [-0.3, -0.25) is 0 Å². The number of nitrogens with two attached hydrogens (primary N) is 1. The van der Waals surface area contributed by atoms with E-state index in [9.17, 15) is 8.42 Å². The molecular weight excluding hydrogens is 290 g/mol. The molecule has 0 aliphatic rings. The van der Waals surface area contributed by atoms with Crippen LogP contribution in [0.1, 0.15) is 11.1 Å². The van der Waals surface area contributed by atoms with Crippen LogP contribution in [0, 0.1) is 6.92 Å². The Bertz CT molecular complexity index is 459. The number of halogens is 2. The Hall–Kier alpha value is -0.100. The summed E-state index contributed by atoms with van der Waals surface area (Å²) in [6.45, 7) is 1.84. The fourth-order valence-corrected chi connectivity index (χ4v) is 2.66. The molecule has 1 aromatic carbocycles. The third-order valence-electron chi connectivity index (χ3n) is 1.68. The summed E-state index contributed by atoms with van der Waals surface area (Å²) in [4.78, 5) is 0. The fourth-order valence-electron chi connectivity index (χ4n) is 1.01. The molecule has 3 nitrogen and oxygen atoms in total. The summed E-state index contributed by atoms with van der Waals surface area (Å²) in [5.74, 6) is -0.215. The first-order valence-corrected chi connectivity index (χ1v) is 6.63. The van der Waals surface area contributed by atoms with Crippen molar-refractivity contribution in [1.29, 1.82) is 0 Å². The van der Waals surface area contributed by atoms with Gasteiger partial charge in [0.25, 0.3) is 0 Å². The van der Waals surface area contributed by atoms with E-state index in [0.29, 0.717) is 15.1 Å². The molecule has 0 aliphatic carbocycles. The normalized spacial score (nSPS) is 11.7. The first-order valence-electron chi connectivity index (χ1n) is 3.74. The molecule has 2 N–H and O–H groups in total. The zero-order valence-corrected chi connectivity index (χ0v) is 10.6. The smallest absolute Gasteiger partial charge is 0.213 e. The lowest BCUT2D eigenvalue weighted by Crippen LogP contribution is -2.14. The van der Waals surface area contributed by atoms with E-state index in [4.69, 9.17) is 16.7 Å². The lowest BCUT2D eigenvalue weighted by atomic mass is 10.2. The van der Waals surface area contributed by atoms with Crippen LogP contribution >= 0.6 is 27.5 Å². The summed E-state index contributed by atoms with van der Waals surface area (Å²) in [5, 5.41) is 5.47. The first kappa shape index (κ1) is 12.0. The van der Waals surface area contributed by atoms with Gasteiger partial charge in [0.05, 0.1) is 5.75 Å². The largest absolute Gasteiger partial charge is 0.228 e. The average Bonchev–Trinajstić information content (AvgIpc) is 1.97. The predicted molar refractivity (Wildman–Crippen MR) is 60.7 cm³/mol. The number of primary sulfonamides is 1. The van der Waals surface area contributed by atoms with Crippen LogP contribution < -0.4 is 5.14 Å². The molecule has 0 radical (unpaired) electrons. The Kier molecular flexibility index (Phi) is 3.58. The molecule has 1 rings (SSSR count). The van der Waals surface area contributed by atoms with Crippen LogP contribution in [0.25, 0.3) is 0 Å². The van der Waals surface area contributed by atoms with Crippen molar-refractivity contribution in [2.24, 2.45) is 5.14 Å². The molecule has 0 saturated heterocycles. The van der Waals surface area contributed by atoms with Crippen molar-refractivity contribution in [1.82, 2.24) is 0 Å². The van der Waals surface area contributed by atoms with Crippen LogP contribution in [0.3, 0.4) is 0 Å². The van der Waals surface area contributed by atoms with Crippen LogP contribution in [-0.4, -0.2) is 8.42 Å². The average molecular weight is 299 g/mol. The number of aryl methyl sites for hydroxylation is 1. The molecule has 0 heterocycles. The van der Waals surface area contributed by atoms with Crippen molar-refractivity contribution in [2.45, 2.75) is 12.7 Å². The van der Waals surface area contributed by atoms with Gasteiger partial charge < -0.3 is 0 Å². The van der Waals surface area contributed by atoms with Crippen molar-refractivity contribution in [3.8, 4) is 0 Å². The second-order valence-corrected chi connectivity index (χ2v) is 5.88. The van der Waals surface area contributed by atoms with E-state index in [1.54, 1.807) is 12.1 Å². The molecule has 6 heteroatoms. The Morgan fingerprint density at radius 2 is 2.07 bits per heavy atom. The van der Waals surface area contributed by atoms with Crippen molar-refractivity contribution in [3.63, 3.8) is 0 Å². The number of hydrogen-bond donors (Lipinski definition) is 1. The zero-order valence-electron chi connectivity index (χ0n) is 7.42. The van der Waals surface area contributed by atoms with Crippen LogP contribution in [0.2, 0.25) is 5.02 Å². The van der Waals surface area contributed by atoms with Gasteiger partial charge in [-0.1, -0.05) is 27.5 Å². The predicted octanol–water partition coefficient (Wildman–Crippen LogP) is 2.20. The number of rotatable bonds is 2. The first-order chi connectivity index (χ1) is 6.29. The highest BCUT2D eigenvalue weighted by Gasteiger charge is 2.10. The van der Waals surface area contributed by atoms with E-state index in [0.717, 1.165) is 5.56 Å². The molecule has 0 saturated carbocycles. The van der Waals surface area contributed by atoms with E-state index < -0.39 is 10.0 Å². The highest BCUT2D eigenvalue weighted by atomic mass is 79.9. The van der Waals surface area contributed by atoms with E-state index in [1.807, 2.05) is 6.92 Å². The molecule has 0 fully saturated rings. The summed E-state index contributed by atoms with van der Waals surface area (Å²) >= 11 is 9.11. The van der Waals surface area contributed by atoms with Gasteiger partial charge >= 0.3 is 0 Å². The minimum absolute atomic E-state index is 0.215. The maximum atomic E-state index is 10.9. The Labute approximate surface area is 96.4 Å². The van der Waals surface area contributed by atoms with E-state index in [1.165, 1.54) is 0 Å². The maximum absolute atomic E-state index is 10.9. The summed E-state index contributed by atoms with van der Waals surface area (Å²) in [6.07, 6.45) is 0. The van der Waals surface area contributed by atoms with Crippen LogP contribution in [0.5, 0.6) is 0 Å². The second kappa shape index (κ2) is 4.18. The third kappa shape index (κ3) is 3.24. The highest BCUT2D eigenvalue weighted by molar-refractivity contribution is 9.10. The number of hydrogen-bond acceptors (Lipinski definition) is 2. The molecule has 0 amide bonds. The molecule has 0 aromatic heterocycles. The minimum atomic E-state index is -3.52. The van der Waals surface area contributed by atoms with Gasteiger partial charge in [-0.25, -0.2) is 13.6 Å². The lowest BCUT2D eigenvalue weighted by molar-refractivity contribution is 0.597. The molecule has 0 spiro atoms. The quantitative estimate of drug-likeness (QED) is 0.910. The van der Waals surface area contributed by atoms with Gasteiger partial charge in [-0.05, 0) is 30.2 Å². The summed E-state index contributed by atoms with van der Waals surface area (Å²) < 4.78 is 22.4. The monoisotopic (exact) mass is 297 g/mol. The van der Waals surface area contributed by atoms with E-state index >= 15 is 0 Å². The van der Waals surface area contributed by atoms with Gasteiger partial charge in [0.1, 0.15) is 0 Å². The Balaban J connectivity index is 3.17.